The molecule has 1 atom stereocenters. The SMILES string of the molecule is CCCOC(CNC(C)C)c1cccc(Cl)c1. The minimum Gasteiger partial charge on any atom is -0.372 e. The molecule has 0 aliphatic rings. The first-order chi connectivity index (χ1) is 8.13. The summed E-state index contributed by atoms with van der Waals surface area (Å²) in [6, 6.07) is 8.35. The molecule has 0 radical (unpaired) electrons. The van der Waals surface area contributed by atoms with Gasteiger partial charge in [0.05, 0.1) is 6.10 Å². The van der Waals surface area contributed by atoms with Crippen LogP contribution in [0, 0.1) is 0 Å². The summed E-state index contributed by atoms with van der Waals surface area (Å²) in [4.78, 5) is 0. The Kier molecular flexibility index (Phi) is 6.56. The molecule has 0 saturated heterocycles. The van der Waals surface area contributed by atoms with Gasteiger partial charge in [0.1, 0.15) is 0 Å². The van der Waals surface area contributed by atoms with Gasteiger partial charge in [-0.1, -0.05) is 44.5 Å². The molecular weight excluding hydrogens is 234 g/mol. The van der Waals surface area contributed by atoms with Crippen molar-refractivity contribution < 1.29 is 4.74 Å². The molecule has 0 aliphatic heterocycles. The Balaban J connectivity index is 2.67. The van der Waals surface area contributed by atoms with Crippen molar-refractivity contribution >= 4 is 11.6 Å². The Morgan fingerprint density at radius 2 is 2.12 bits per heavy atom. The molecule has 2 nitrogen and oxygen atoms in total. The van der Waals surface area contributed by atoms with E-state index in [1.165, 1.54) is 0 Å². The van der Waals surface area contributed by atoms with E-state index < -0.39 is 0 Å². The molecule has 3 heteroatoms. The van der Waals surface area contributed by atoms with Gasteiger partial charge in [-0.2, -0.15) is 0 Å². The quantitative estimate of drug-likeness (QED) is 0.800. The number of hydrogen-bond acceptors (Lipinski definition) is 2. The van der Waals surface area contributed by atoms with Crippen LogP contribution in [0.4, 0.5) is 0 Å². The van der Waals surface area contributed by atoms with Gasteiger partial charge in [-0.15, -0.1) is 0 Å². The Bertz CT molecular complexity index is 328. The second kappa shape index (κ2) is 7.70. The summed E-state index contributed by atoms with van der Waals surface area (Å²) in [5.41, 5.74) is 1.14. The van der Waals surface area contributed by atoms with Crippen LogP contribution in [0.5, 0.6) is 0 Å². The highest BCUT2D eigenvalue weighted by molar-refractivity contribution is 6.30. The van der Waals surface area contributed by atoms with E-state index in [4.69, 9.17) is 16.3 Å². The van der Waals surface area contributed by atoms with Crippen molar-refractivity contribution in [1.82, 2.24) is 5.32 Å². The first-order valence-corrected chi connectivity index (χ1v) is 6.61. The topological polar surface area (TPSA) is 21.3 Å². The van der Waals surface area contributed by atoms with Crippen molar-refractivity contribution in [2.75, 3.05) is 13.2 Å². The van der Waals surface area contributed by atoms with Crippen LogP contribution in [0.25, 0.3) is 0 Å². The zero-order chi connectivity index (χ0) is 12.7. The van der Waals surface area contributed by atoms with Crippen LogP contribution in [-0.4, -0.2) is 19.2 Å². The molecule has 1 N–H and O–H groups in total. The third-order valence-electron chi connectivity index (χ3n) is 2.46. The molecule has 1 rings (SSSR count). The number of nitrogens with one attached hydrogen (secondary N) is 1. The van der Waals surface area contributed by atoms with Gasteiger partial charge in [0.15, 0.2) is 0 Å². The van der Waals surface area contributed by atoms with Gasteiger partial charge in [-0.25, -0.2) is 0 Å². The maximum absolute atomic E-state index is 6.01. The second-order valence-corrected chi connectivity index (χ2v) is 4.91. The van der Waals surface area contributed by atoms with E-state index in [9.17, 15) is 0 Å². The summed E-state index contributed by atoms with van der Waals surface area (Å²) in [7, 11) is 0. The van der Waals surface area contributed by atoms with Crippen molar-refractivity contribution in [3.05, 3.63) is 34.9 Å². The molecule has 0 heterocycles. The number of halogens is 1. The molecule has 1 aromatic carbocycles. The maximum atomic E-state index is 6.01. The highest BCUT2D eigenvalue weighted by Gasteiger charge is 2.12. The van der Waals surface area contributed by atoms with E-state index in [1.807, 2.05) is 18.2 Å². The van der Waals surface area contributed by atoms with Crippen molar-refractivity contribution in [3.8, 4) is 0 Å². The molecule has 96 valence electrons. The summed E-state index contributed by atoms with van der Waals surface area (Å²) in [6.07, 6.45) is 1.11. The highest BCUT2D eigenvalue weighted by Crippen LogP contribution is 2.20. The van der Waals surface area contributed by atoms with Gasteiger partial charge in [-0.05, 0) is 24.1 Å². The first-order valence-electron chi connectivity index (χ1n) is 6.24. The molecule has 0 spiro atoms. The van der Waals surface area contributed by atoms with E-state index >= 15 is 0 Å². The van der Waals surface area contributed by atoms with Crippen LogP contribution >= 0.6 is 11.6 Å². The molecule has 0 fully saturated rings. The van der Waals surface area contributed by atoms with Gasteiger partial charge in [0.25, 0.3) is 0 Å². The molecule has 1 aromatic rings. The largest absolute Gasteiger partial charge is 0.372 e. The standard InChI is InChI=1S/C14H22ClNO/c1-4-8-17-14(10-16-11(2)3)12-6-5-7-13(15)9-12/h5-7,9,11,14,16H,4,8,10H2,1-3H3. The fraction of sp³-hybridized carbons (Fsp3) is 0.571. The fourth-order valence-corrected chi connectivity index (χ4v) is 1.78. The Morgan fingerprint density at radius 1 is 1.35 bits per heavy atom. The summed E-state index contributed by atoms with van der Waals surface area (Å²) < 4.78 is 5.86. The lowest BCUT2D eigenvalue weighted by molar-refractivity contribution is 0.0517. The van der Waals surface area contributed by atoms with Crippen molar-refractivity contribution in [1.29, 1.82) is 0 Å². The molecule has 0 aliphatic carbocycles. The van der Waals surface area contributed by atoms with Crippen molar-refractivity contribution in [2.45, 2.75) is 39.3 Å². The van der Waals surface area contributed by atoms with E-state index in [0.717, 1.165) is 30.2 Å². The maximum Gasteiger partial charge on any atom is 0.0949 e. The minimum absolute atomic E-state index is 0.0797. The van der Waals surface area contributed by atoms with Crippen molar-refractivity contribution in [2.24, 2.45) is 0 Å². The van der Waals surface area contributed by atoms with Gasteiger partial charge in [-0.3, -0.25) is 0 Å². The molecule has 0 bridgehead atoms. The predicted molar refractivity (Wildman–Crippen MR) is 73.6 cm³/mol. The van der Waals surface area contributed by atoms with Crippen LogP contribution in [0.3, 0.4) is 0 Å². The van der Waals surface area contributed by atoms with E-state index in [0.29, 0.717) is 6.04 Å². The average Bonchev–Trinajstić information content (AvgIpc) is 2.29. The highest BCUT2D eigenvalue weighted by atomic mass is 35.5. The zero-order valence-electron chi connectivity index (χ0n) is 10.9. The summed E-state index contributed by atoms with van der Waals surface area (Å²) in [6.45, 7) is 7.98. The molecule has 0 aromatic heterocycles. The van der Waals surface area contributed by atoms with Gasteiger partial charge >= 0.3 is 0 Å². The molecule has 0 saturated carbocycles. The lowest BCUT2D eigenvalue weighted by atomic mass is 10.1. The van der Waals surface area contributed by atoms with Gasteiger partial charge in [0, 0.05) is 24.2 Å². The summed E-state index contributed by atoms with van der Waals surface area (Å²) >= 11 is 6.01. The van der Waals surface area contributed by atoms with Crippen LogP contribution in [0.2, 0.25) is 5.02 Å². The van der Waals surface area contributed by atoms with E-state index in [1.54, 1.807) is 0 Å². The Morgan fingerprint density at radius 3 is 2.71 bits per heavy atom. The lowest BCUT2D eigenvalue weighted by Gasteiger charge is -2.20. The average molecular weight is 256 g/mol. The fourth-order valence-electron chi connectivity index (χ4n) is 1.58. The number of ether oxygens (including phenoxy) is 1. The zero-order valence-corrected chi connectivity index (χ0v) is 11.6. The summed E-state index contributed by atoms with van der Waals surface area (Å²) in [5, 5.41) is 4.17. The molecular formula is C14H22ClNO. The van der Waals surface area contributed by atoms with E-state index in [-0.39, 0.29) is 6.10 Å². The van der Waals surface area contributed by atoms with Crippen LogP contribution in [0.1, 0.15) is 38.9 Å². The van der Waals surface area contributed by atoms with E-state index in [2.05, 4.69) is 32.2 Å². The third-order valence-corrected chi connectivity index (χ3v) is 2.69. The first kappa shape index (κ1) is 14.5. The second-order valence-electron chi connectivity index (χ2n) is 4.48. The summed E-state index contributed by atoms with van der Waals surface area (Å²) in [5.74, 6) is 0. The van der Waals surface area contributed by atoms with Gasteiger partial charge in [0.2, 0.25) is 0 Å². The Hall–Kier alpha value is -0.570. The van der Waals surface area contributed by atoms with Crippen molar-refractivity contribution in [3.63, 3.8) is 0 Å². The molecule has 0 amide bonds. The molecule has 1 unspecified atom stereocenters. The predicted octanol–water partition coefficient (Wildman–Crippen LogP) is 3.81. The monoisotopic (exact) mass is 255 g/mol. The molecule has 17 heavy (non-hydrogen) atoms. The Labute approximate surface area is 109 Å². The minimum atomic E-state index is 0.0797. The van der Waals surface area contributed by atoms with Gasteiger partial charge < -0.3 is 10.1 Å². The normalized spacial score (nSPS) is 13.0. The number of hydrogen-bond donors (Lipinski definition) is 1. The van der Waals surface area contributed by atoms with Crippen LogP contribution < -0.4 is 5.32 Å². The van der Waals surface area contributed by atoms with Crippen LogP contribution in [-0.2, 0) is 4.74 Å². The lowest BCUT2D eigenvalue weighted by Crippen LogP contribution is -2.29. The number of rotatable bonds is 7. The smallest absolute Gasteiger partial charge is 0.0949 e. The van der Waals surface area contributed by atoms with Crippen LogP contribution in [0.15, 0.2) is 24.3 Å². The number of benzene rings is 1. The third kappa shape index (κ3) is 5.53.